The van der Waals surface area contributed by atoms with Crippen molar-refractivity contribution in [2.75, 3.05) is 0 Å². The van der Waals surface area contributed by atoms with Crippen molar-refractivity contribution in [2.45, 2.75) is 20.0 Å². The van der Waals surface area contributed by atoms with Crippen LogP contribution in [0.1, 0.15) is 16.7 Å². The van der Waals surface area contributed by atoms with E-state index < -0.39 is 0 Å². The van der Waals surface area contributed by atoms with Gasteiger partial charge in [-0.15, -0.1) is 0 Å². The first-order chi connectivity index (χ1) is 5.69. The van der Waals surface area contributed by atoms with Gasteiger partial charge in [-0.25, -0.2) is 0 Å². The summed E-state index contributed by atoms with van der Waals surface area (Å²) in [7, 11) is 0. The number of benzene rings is 1. The fraction of sp³-hybridized carbons (Fsp3) is 0.333. The standard InChI is InChI=1S/C9H13BrN2/c1-6-2-8(5-12)9(10)3-7(6)4-11/h2-3H,4-5,11-12H2,1H3. The summed E-state index contributed by atoms with van der Waals surface area (Å²) >= 11 is 3.45. The van der Waals surface area contributed by atoms with E-state index in [1.165, 1.54) is 11.1 Å². The van der Waals surface area contributed by atoms with Crippen molar-refractivity contribution in [3.8, 4) is 0 Å². The van der Waals surface area contributed by atoms with Gasteiger partial charge in [0.05, 0.1) is 0 Å². The minimum absolute atomic E-state index is 0.562. The molecule has 0 aliphatic heterocycles. The number of nitrogens with two attached hydrogens (primary N) is 2. The monoisotopic (exact) mass is 228 g/mol. The molecule has 4 N–H and O–H groups in total. The van der Waals surface area contributed by atoms with E-state index in [2.05, 4.69) is 22.0 Å². The molecule has 1 aromatic carbocycles. The van der Waals surface area contributed by atoms with Gasteiger partial charge in [0.25, 0.3) is 0 Å². The van der Waals surface area contributed by atoms with Crippen LogP contribution >= 0.6 is 15.9 Å². The molecule has 66 valence electrons. The second-order valence-electron chi connectivity index (χ2n) is 2.78. The summed E-state index contributed by atoms with van der Waals surface area (Å²) in [5.74, 6) is 0. The SMILES string of the molecule is Cc1cc(CN)c(Br)cc1CN. The fourth-order valence-electron chi connectivity index (χ4n) is 1.16. The van der Waals surface area contributed by atoms with Gasteiger partial charge < -0.3 is 11.5 Å². The summed E-state index contributed by atoms with van der Waals surface area (Å²) in [4.78, 5) is 0. The molecular formula is C9H13BrN2. The van der Waals surface area contributed by atoms with Crippen molar-refractivity contribution in [2.24, 2.45) is 11.5 Å². The second-order valence-corrected chi connectivity index (χ2v) is 3.63. The van der Waals surface area contributed by atoms with Gasteiger partial charge >= 0.3 is 0 Å². The van der Waals surface area contributed by atoms with Crippen LogP contribution in [0.3, 0.4) is 0 Å². The lowest BCUT2D eigenvalue weighted by atomic mass is 10.1. The first-order valence-corrected chi connectivity index (χ1v) is 4.66. The van der Waals surface area contributed by atoms with Crippen LogP contribution < -0.4 is 11.5 Å². The molecule has 0 atom stereocenters. The molecule has 12 heavy (non-hydrogen) atoms. The number of aryl methyl sites for hydroxylation is 1. The van der Waals surface area contributed by atoms with E-state index in [1.54, 1.807) is 0 Å². The zero-order chi connectivity index (χ0) is 9.14. The second kappa shape index (κ2) is 4.03. The lowest BCUT2D eigenvalue weighted by molar-refractivity contribution is 1.01. The Kier molecular flexibility index (Phi) is 3.26. The summed E-state index contributed by atoms with van der Waals surface area (Å²) in [5, 5.41) is 0. The summed E-state index contributed by atoms with van der Waals surface area (Å²) in [6.45, 7) is 3.19. The molecule has 3 heteroatoms. The third-order valence-corrected chi connectivity index (χ3v) is 2.68. The molecule has 0 heterocycles. The van der Waals surface area contributed by atoms with Crippen molar-refractivity contribution >= 4 is 15.9 Å². The molecule has 0 spiro atoms. The number of hydrogen-bond acceptors (Lipinski definition) is 2. The van der Waals surface area contributed by atoms with E-state index in [0.29, 0.717) is 13.1 Å². The molecule has 0 fully saturated rings. The summed E-state index contributed by atoms with van der Waals surface area (Å²) in [5.41, 5.74) is 14.6. The fourth-order valence-corrected chi connectivity index (χ4v) is 1.71. The first kappa shape index (κ1) is 9.71. The van der Waals surface area contributed by atoms with Gasteiger partial charge in [-0.2, -0.15) is 0 Å². The van der Waals surface area contributed by atoms with Crippen LogP contribution in [0.5, 0.6) is 0 Å². The van der Waals surface area contributed by atoms with E-state index in [0.717, 1.165) is 10.0 Å². The van der Waals surface area contributed by atoms with E-state index in [4.69, 9.17) is 11.5 Å². The van der Waals surface area contributed by atoms with E-state index in [-0.39, 0.29) is 0 Å². The number of halogens is 1. The molecule has 0 radical (unpaired) electrons. The normalized spacial score (nSPS) is 10.3. The zero-order valence-electron chi connectivity index (χ0n) is 7.10. The third-order valence-electron chi connectivity index (χ3n) is 1.94. The first-order valence-electron chi connectivity index (χ1n) is 3.87. The Labute approximate surface area is 81.1 Å². The van der Waals surface area contributed by atoms with Gasteiger partial charge in [-0.05, 0) is 29.7 Å². The van der Waals surface area contributed by atoms with E-state index >= 15 is 0 Å². The largest absolute Gasteiger partial charge is 0.326 e. The molecule has 0 saturated carbocycles. The van der Waals surface area contributed by atoms with Gasteiger partial charge in [-0.3, -0.25) is 0 Å². The smallest absolute Gasteiger partial charge is 0.0223 e. The Morgan fingerprint density at radius 1 is 1.17 bits per heavy atom. The van der Waals surface area contributed by atoms with Gasteiger partial charge in [0.15, 0.2) is 0 Å². The summed E-state index contributed by atoms with van der Waals surface area (Å²) < 4.78 is 1.05. The molecule has 0 saturated heterocycles. The van der Waals surface area contributed by atoms with Crippen molar-refractivity contribution in [3.63, 3.8) is 0 Å². The van der Waals surface area contributed by atoms with E-state index in [1.807, 2.05) is 13.0 Å². The van der Waals surface area contributed by atoms with Crippen molar-refractivity contribution < 1.29 is 0 Å². The Morgan fingerprint density at radius 2 is 1.75 bits per heavy atom. The van der Waals surface area contributed by atoms with Crippen LogP contribution in [0, 0.1) is 6.92 Å². The lowest BCUT2D eigenvalue weighted by Gasteiger charge is -2.07. The highest BCUT2D eigenvalue weighted by Crippen LogP contribution is 2.21. The Balaban J connectivity index is 3.16. The molecule has 0 aromatic heterocycles. The minimum atomic E-state index is 0.562. The topological polar surface area (TPSA) is 52.0 Å². The average Bonchev–Trinajstić information content (AvgIpc) is 2.08. The van der Waals surface area contributed by atoms with Crippen LogP contribution in [0.4, 0.5) is 0 Å². The molecule has 0 amide bonds. The molecule has 0 aliphatic carbocycles. The highest BCUT2D eigenvalue weighted by molar-refractivity contribution is 9.10. The van der Waals surface area contributed by atoms with Gasteiger partial charge in [0.2, 0.25) is 0 Å². The van der Waals surface area contributed by atoms with Crippen LogP contribution in [-0.2, 0) is 13.1 Å². The Morgan fingerprint density at radius 3 is 2.25 bits per heavy atom. The quantitative estimate of drug-likeness (QED) is 0.810. The maximum atomic E-state index is 5.56. The highest BCUT2D eigenvalue weighted by Gasteiger charge is 2.02. The predicted molar refractivity (Wildman–Crippen MR) is 54.7 cm³/mol. The highest BCUT2D eigenvalue weighted by atomic mass is 79.9. The Bertz CT molecular complexity index is 254. The van der Waals surface area contributed by atoms with E-state index in [9.17, 15) is 0 Å². The average molecular weight is 229 g/mol. The molecule has 1 rings (SSSR count). The lowest BCUT2D eigenvalue weighted by Crippen LogP contribution is -2.03. The van der Waals surface area contributed by atoms with Crippen LogP contribution in [0.2, 0.25) is 0 Å². The van der Waals surface area contributed by atoms with Crippen molar-refractivity contribution in [1.29, 1.82) is 0 Å². The zero-order valence-corrected chi connectivity index (χ0v) is 8.69. The van der Waals surface area contributed by atoms with Gasteiger partial charge in [-0.1, -0.05) is 22.0 Å². The number of hydrogen-bond donors (Lipinski definition) is 2. The maximum Gasteiger partial charge on any atom is 0.0223 e. The third kappa shape index (κ3) is 1.86. The van der Waals surface area contributed by atoms with Crippen LogP contribution in [0.25, 0.3) is 0 Å². The summed E-state index contributed by atoms with van der Waals surface area (Å²) in [6, 6.07) is 4.11. The van der Waals surface area contributed by atoms with Gasteiger partial charge in [0, 0.05) is 17.6 Å². The van der Waals surface area contributed by atoms with Crippen LogP contribution in [-0.4, -0.2) is 0 Å². The molecule has 0 unspecified atom stereocenters. The predicted octanol–water partition coefficient (Wildman–Crippen LogP) is 1.67. The molecular weight excluding hydrogens is 216 g/mol. The van der Waals surface area contributed by atoms with Gasteiger partial charge in [0.1, 0.15) is 0 Å². The number of rotatable bonds is 2. The maximum absolute atomic E-state index is 5.56. The van der Waals surface area contributed by atoms with Crippen molar-refractivity contribution in [1.82, 2.24) is 0 Å². The molecule has 2 nitrogen and oxygen atoms in total. The molecule has 0 bridgehead atoms. The molecule has 1 aromatic rings. The Hall–Kier alpha value is -0.380. The van der Waals surface area contributed by atoms with Crippen molar-refractivity contribution in [3.05, 3.63) is 33.3 Å². The van der Waals surface area contributed by atoms with Crippen LogP contribution in [0.15, 0.2) is 16.6 Å². The summed E-state index contributed by atoms with van der Waals surface area (Å²) in [6.07, 6.45) is 0. The molecule has 0 aliphatic rings. The minimum Gasteiger partial charge on any atom is -0.326 e.